The predicted octanol–water partition coefficient (Wildman–Crippen LogP) is 2.76. The zero-order valence-electron chi connectivity index (χ0n) is 24.4. The third kappa shape index (κ3) is 5.91. The molecule has 4 N–H and O–H groups in total. The third-order valence-electron chi connectivity index (χ3n) is 8.05. The van der Waals surface area contributed by atoms with Crippen LogP contribution in [0.5, 0.6) is 5.75 Å². The van der Waals surface area contributed by atoms with Crippen LogP contribution in [0.3, 0.4) is 0 Å². The number of aromatic nitrogens is 2. The third-order valence-corrected chi connectivity index (χ3v) is 8.05. The highest BCUT2D eigenvalue weighted by Gasteiger charge is 2.27. The number of rotatable bonds is 7. The molecular formula is C30H39N9O3. The Labute approximate surface area is 245 Å². The Kier molecular flexibility index (Phi) is 8.27. The van der Waals surface area contributed by atoms with E-state index in [9.17, 15) is 4.79 Å². The van der Waals surface area contributed by atoms with Crippen molar-refractivity contribution < 1.29 is 14.3 Å². The van der Waals surface area contributed by atoms with E-state index in [0.29, 0.717) is 37.5 Å². The van der Waals surface area contributed by atoms with Crippen LogP contribution in [0, 0.1) is 0 Å². The molecule has 1 atom stereocenters. The lowest BCUT2D eigenvalue weighted by molar-refractivity contribution is -0.115. The molecule has 0 spiro atoms. The minimum atomic E-state index is -0.0459. The van der Waals surface area contributed by atoms with Gasteiger partial charge in [-0.15, -0.1) is 0 Å². The van der Waals surface area contributed by atoms with E-state index in [2.05, 4.69) is 59.4 Å². The van der Waals surface area contributed by atoms with Gasteiger partial charge in [0.05, 0.1) is 61.9 Å². The SMILES string of the molecule is CCC(=O)Nc1cc(NC2=NCNC(c3ccc4cnn(C)c4c3)=C2)c(OC)cc1N1CCC(N2CCOCC2)NC1. The van der Waals surface area contributed by atoms with Gasteiger partial charge >= 0.3 is 0 Å². The summed E-state index contributed by atoms with van der Waals surface area (Å²) in [5.41, 5.74) is 5.44. The van der Waals surface area contributed by atoms with Gasteiger partial charge in [-0.25, -0.2) is 4.99 Å². The van der Waals surface area contributed by atoms with E-state index in [0.717, 1.165) is 78.5 Å². The van der Waals surface area contributed by atoms with Gasteiger partial charge in [0, 0.05) is 56.3 Å². The molecule has 3 aliphatic heterocycles. The van der Waals surface area contributed by atoms with Crippen LogP contribution in [-0.4, -0.2) is 85.9 Å². The van der Waals surface area contributed by atoms with E-state index in [1.807, 2.05) is 43.1 Å². The Bertz CT molecular complexity index is 1500. The molecule has 3 aromatic rings. The van der Waals surface area contributed by atoms with Crippen molar-refractivity contribution in [3.63, 3.8) is 0 Å². The molecular weight excluding hydrogens is 534 g/mol. The van der Waals surface area contributed by atoms with Gasteiger partial charge in [-0.1, -0.05) is 19.1 Å². The summed E-state index contributed by atoms with van der Waals surface area (Å²) < 4.78 is 13.2. The molecule has 2 fully saturated rings. The molecule has 1 unspecified atom stereocenters. The number of anilines is 3. The quantitative estimate of drug-likeness (QED) is 0.338. The van der Waals surface area contributed by atoms with Crippen molar-refractivity contribution in [3.8, 4) is 5.75 Å². The number of amidine groups is 1. The molecule has 0 saturated carbocycles. The molecule has 42 heavy (non-hydrogen) atoms. The highest BCUT2D eigenvalue weighted by molar-refractivity contribution is 6.10. The number of nitrogens with zero attached hydrogens (tertiary/aromatic N) is 5. The first kappa shape index (κ1) is 28.0. The van der Waals surface area contributed by atoms with E-state index in [-0.39, 0.29) is 5.91 Å². The fourth-order valence-electron chi connectivity index (χ4n) is 5.67. The molecule has 1 amide bonds. The van der Waals surface area contributed by atoms with Gasteiger partial charge in [-0.05, 0) is 24.1 Å². The lowest BCUT2D eigenvalue weighted by Crippen LogP contribution is -2.57. The number of amides is 1. The summed E-state index contributed by atoms with van der Waals surface area (Å²) in [7, 11) is 3.60. The Balaban J connectivity index is 1.24. The fourth-order valence-corrected chi connectivity index (χ4v) is 5.67. The first-order valence-corrected chi connectivity index (χ1v) is 14.5. The molecule has 12 nitrogen and oxygen atoms in total. The number of carbonyl (C=O) groups excluding carboxylic acids is 1. The van der Waals surface area contributed by atoms with Crippen molar-refractivity contribution in [1.82, 2.24) is 25.3 Å². The van der Waals surface area contributed by atoms with Crippen LogP contribution in [0.1, 0.15) is 25.3 Å². The Hall–Kier alpha value is -4.13. The molecule has 6 rings (SSSR count). The molecule has 0 radical (unpaired) electrons. The second-order valence-electron chi connectivity index (χ2n) is 10.7. The normalized spacial score (nSPS) is 19.6. The first-order chi connectivity index (χ1) is 20.5. The number of ether oxygens (including phenoxy) is 2. The van der Waals surface area contributed by atoms with Gasteiger partial charge < -0.3 is 30.3 Å². The number of morpholine rings is 1. The van der Waals surface area contributed by atoms with Crippen LogP contribution in [0.15, 0.2) is 47.6 Å². The maximum atomic E-state index is 12.6. The highest BCUT2D eigenvalue weighted by Crippen LogP contribution is 2.38. The molecule has 222 valence electrons. The number of methoxy groups -OCH3 is 1. The molecule has 4 heterocycles. The van der Waals surface area contributed by atoms with E-state index < -0.39 is 0 Å². The van der Waals surface area contributed by atoms with Gasteiger partial charge in [-0.3, -0.25) is 19.7 Å². The Morgan fingerprint density at radius 1 is 1.17 bits per heavy atom. The van der Waals surface area contributed by atoms with Crippen LogP contribution in [0.2, 0.25) is 0 Å². The molecule has 2 aromatic carbocycles. The molecule has 0 bridgehead atoms. The van der Waals surface area contributed by atoms with E-state index in [1.54, 1.807) is 7.11 Å². The summed E-state index contributed by atoms with van der Waals surface area (Å²) in [6.45, 7) is 7.24. The molecule has 1 aromatic heterocycles. The number of benzene rings is 2. The summed E-state index contributed by atoms with van der Waals surface area (Å²) in [6.07, 6.45) is 5.52. The van der Waals surface area contributed by atoms with Gasteiger partial charge in [0.25, 0.3) is 0 Å². The maximum Gasteiger partial charge on any atom is 0.224 e. The van der Waals surface area contributed by atoms with Crippen LogP contribution < -0.4 is 30.9 Å². The van der Waals surface area contributed by atoms with Crippen molar-refractivity contribution in [1.29, 1.82) is 0 Å². The number of aliphatic imine (C=N–C) groups is 1. The summed E-state index contributed by atoms with van der Waals surface area (Å²) in [5, 5.41) is 19.0. The summed E-state index contributed by atoms with van der Waals surface area (Å²) >= 11 is 0. The lowest BCUT2D eigenvalue weighted by Gasteiger charge is -2.42. The van der Waals surface area contributed by atoms with Crippen LogP contribution >= 0.6 is 0 Å². The zero-order chi connectivity index (χ0) is 29.1. The first-order valence-electron chi connectivity index (χ1n) is 14.5. The summed E-state index contributed by atoms with van der Waals surface area (Å²) in [5.74, 6) is 1.32. The van der Waals surface area contributed by atoms with Crippen LogP contribution in [0.25, 0.3) is 16.6 Å². The topological polar surface area (TPSA) is 120 Å². The van der Waals surface area contributed by atoms with Crippen molar-refractivity contribution in [2.45, 2.75) is 25.9 Å². The van der Waals surface area contributed by atoms with Crippen molar-refractivity contribution in [3.05, 3.63) is 48.2 Å². The number of fused-ring (bicyclic) bond motifs is 1. The summed E-state index contributed by atoms with van der Waals surface area (Å²) in [6, 6.07) is 10.2. The lowest BCUT2D eigenvalue weighted by atomic mass is 10.1. The largest absolute Gasteiger partial charge is 0.494 e. The number of carbonyl (C=O) groups is 1. The molecule has 12 heteroatoms. The average molecular weight is 574 g/mol. The van der Waals surface area contributed by atoms with Gasteiger partial charge in [0.15, 0.2) is 0 Å². The van der Waals surface area contributed by atoms with Crippen molar-refractivity contribution in [2.24, 2.45) is 12.0 Å². The Morgan fingerprint density at radius 2 is 2.02 bits per heavy atom. The number of nitrogens with one attached hydrogen (secondary N) is 4. The molecule has 0 aliphatic carbocycles. The Morgan fingerprint density at radius 3 is 2.79 bits per heavy atom. The minimum absolute atomic E-state index is 0.0459. The predicted molar refractivity (Wildman–Crippen MR) is 166 cm³/mol. The number of hydrogen-bond donors (Lipinski definition) is 4. The monoisotopic (exact) mass is 573 g/mol. The number of aryl methyl sites for hydroxylation is 1. The molecule has 3 aliphatic rings. The summed E-state index contributed by atoms with van der Waals surface area (Å²) in [4.78, 5) is 21.9. The average Bonchev–Trinajstić information content (AvgIpc) is 3.41. The zero-order valence-corrected chi connectivity index (χ0v) is 24.4. The van der Waals surface area contributed by atoms with Gasteiger partial charge in [0.1, 0.15) is 18.3 Å². The minimum Gasteiger partial charge on any atom is -0.494 e. The van der Waals surface area contributed by atoms with E-state index in [1.165, 1.54) is 0 Å². The molecule has 2 saturated heterocycles. The van der Waals surface area contributed by atoms with E-state index in [4.69, 9.17) is 9.47 Å². The highest BCUT2D eigenvalue weighted by atomic mass is 16.5. The number of hydrogen-bond acceptors (Lipinski definition) is 10. The van der Waals surface area contributed by atoms with Gasteiger partial charge in [0.2, 0.25) is 5.91 Å². The van der Waals surface area contributed by atoms with Crippen LogP contribution in [0.4, 0.5) is 17.1 Å². The second-order valence-corrected chi connectivity index (χ2v) is 10.7. The fraction of sp³-hybridized carbons (Fsp3) is 0.433. The van der Waals surface area contributed by atoms with Crippen LogP contribution in [-0.2, 0) is 16.6 Å². The van der Waals surface area contributed by atoms with Gasteiger partial charge in [-0.2, -0.15) is 5.10 Å². The van der Waals surface area contributed by atoms with Crippen molar-refractivity contribution >= 4 is 45.4 Å². The maximum absolute atomic E-state index is 12.6. The van der Waals surface area contributed by atoms with Crippen molar-refractivity contribution in [2.75, 3.05) is 68.8 Å². The standard InChI is InChI=1S/C30H39N9O3/c1-4-30(40)36-23-14-24(27(41-3)16-26(23)39-8-7-29(33-19-39)38-9-11-42-12-10-38)35-28-15-22(31-18-32-28)20-5-6-21-17-34-37(2)25(21)13-20/h5-6,13-17,29,31,33H,4,7-12,18-19H2,1-3H3,(H,32,35)(H,36,40). The van der Waals surface area contributed by atoms with E-state index >= 15 is 0 Å². The smallest absolute Gasteiger partial charge is 0.224 e. The second kappa shape index (κ2) is 12.4.